The highest BCUT2D eigenvalue weighted by Gasteiger charge is 2.19. The average Bonchev–Trinajstić information content (AvgIpc) is 2.44. The summed E-state index contributed by atoms with van der Waals surface area (Å²) in [5, 5.41) is 0. The van der Waals surface area contributed by atoms with Crippen molar-refractivity contribution in [1.82, 2.24) is 0 Å². The highest BCUT2D eigenvalue weighted by molar-refractivity contribution is 7.90. The lowest BCUT2D eigenvalue weighted by molar-refractivity contribution is 0.100. The lowest BCUT2D eigenvalue weighted by atomic mass is 9.99. The molecule has 0 aliphatic heterocycles. The Balaban J connectivity index is 3.51. The Bertz CT molecular complexity index is 746. The van der Waals surface area contributed by atoms with E-state index in [1.165, 1.54) is 6.07 Å². The van der Waals surface area contributed by atoms with Crippen LogP contribution in [-0.2, 0) is 22.7 Å². The van der Waals surface area contributed by atoms with Crippen molar-refractivity contribution in [2.24, 2.45) is 16.5 Å². The zero-order valence-corrected chi connectivity index (χ0v) is 14.5. The van der Waals surface area contributed by atoms with Crippen molar-refractivity contribution < 1.29 is 13.2 Å². The van der Waals surface area contributed by atoms with E-state index in [1.807, 2.05) is 26.0 Å². The maximum atomic E-state index is 12.1. The second-order valence-electron chi connectivity index (χ2n) is 5.19. The summed E-state index contributed by atoms with van der Waals surface area (Å²) < 4.78 is 24.1. The molecule has 4 N–H and O–H groups in total. The molecule has 0 bridgehead atoms. The summed E-state index contributed by atoms with van der Waals surface area (Å²) in [4.78, 5) is 15.8. The van der Waals surface area contributed by atoms with Crippen LogP contribution in [-0.4, -0.2) is 26.5 Å². The van der Waals surface area contributed by atoms with Crippen molar-refractivity contribution in [3.8, 4) is 0 Å². The third-order valence-electron chi connectivity index (χ3n) is 3.34. The largest absolute Gasteiger partial charge is 0.370 e. The molecular formula is C16H23N3O3S. The molecule has 6 nitrogen and oxygen atoms in total. The molecule has 23 heavy (non-hydrogen) atoms. The van der Waals surface area contributed by atoms with Gasteiger partial charge in [-0.05, 0) is 43.4 Å². The van der Waals surface area contributed by atoms with Gasteiger partial charge in [-0.3, -0.25) is 4.79 Å². The topological polar surface area (TPSA) is 116 Å². The smallest absolute Gasteiger partial charge is 0.280 e. The molecule has 0 unspecified atom stereocenters. The number of nitrogens with zero attached hydrogens (tertiary/aromatic N) is 1. The van der Waals surface area contributed by atoms with Gasteiger partial charge in [0.05, 0.1) is 4.90 Å². The van der Waals surface area contributed by atoms with E-state index in [-0.39, 0.29) is 16.4 Å². The lowest BCUT2D eigenvalue weighted by Gasteiger charge is -2.13. The lowest BCUT2D eigenvalue weighted by Crippen LogP contribution is -2.24. The fourth-order valence-electron chi connectivity index (χ4n) is 2.29. The van der Waals surface area contributed by atoms with Crippen LogP contribution in [0.3, 0.4) is 0 Å². The number of hydrogen-bond donors (Lipinski definition) is 2. The third kappa shape index (κ3) is 5.21. The number of carbonyl (C=O) groups excluding carboxylic acids is 1. The Morgan fingerprint density at radius 2 is 1.91 bits per heavy atom. The van der Waals surface area contributed by atoms with Gasteiger partial charge in [-0.2, -0.15) is 4.99 Å². The molecule has 0 saturated carbocycles. The van der Waals surface area contributed by atoms with Crippen LogP contribution in [0.4, 0.5) is 0 Å². The minimum Gasteiger partial charge on any atom is -0.370 e. The molecule has 0 atom stereocenters. The molecule has 0 aromatic heterocycles. The molecule has 1 aromatic carbocycles. The van der Waals surface area contributed by atoms with Crippen molar-refractivity contribution in [3.63, 3.8) is 0 Å². The summed E-state index contributed by atoms with van der Waals surface area (Å²) in [6, 6.07) is 3.14. The van der Waals surface area contributed by atoms with Crippen LogP contribution in [0, 0.1) is 0 Å². The van der Waals surface area contributed by atoms with E-state index in [0.717, 1.165) is 18.2 Å². The predicted octanol–water partition coefficient (Wildman–Crippen LogP) is 1.57. The number of hydrogen-bond acceptors (Lipinski definition) is 3. The first-order valence-corrected chi connectivity index (χ1v) is 9.20. The number of allylic oxidation sites excluding steroid dienone is 2. The Morgan fingerprint density at radius 1 is 1.26 bits per heavy atom. The molecular weight excluding hydrogens is 314 g/mol. The van der Waals surface area contributed by atoms with Gasteiger partial charge in [0.2, 0.25) is 0 Å². The van der Waals surface area contributed by atoms with Gasteiger partial charge in [0.15, 0.2) is 15.8 Å². The zero-order valence-electron chi connectivity index (χ0n) is 13.7. The van der Waals surface area contributed by atoms with Gasteiger partial charge in [0, 0.05) is 11.8 Å². The normalized spacial score (nSPS) is 11.6. The molecule has 1 aromatic rings. The van der Waals surface area contributed by atoms with E-state index in [4.69, 9.17) is 11.5 Å². The molecule has 0 spiro atoms. The Labute approximate surface area is 137 Å². The molecule has 1 rings (SSSR count). The second kappa shape index (κ2) is 7.92. The maximum Gasteiger partial charge on any atom is 0.280 e. The van der Waals surface area contributed by atoms with Crippen LogP contribution in [0.25, 0.3) is 0 Å². The Hall–Kier alpha value is -2.15. The molecule has 0 heterocycles. The van der Waals surface area contributed by atoms with Gasteiger partial charge in [-0.25, -0.2) is 8.42 Å². The van der Waals surface area contributed by atoms with Gasteiger partial charge < -0.3 is 11.5 Å². The Kier molecular flexibility index (Phi) is 6.50. The van der Waals surface area contributed by atoms with Crippen molar-refractivity contribution in [2.75, 3.05) is 6.26 Å². The number of nitrogens with two attached hydrogens (primary N) is 2. The average molecular weight is 337 g/mol. The summed E-state index contributed by atoms with van der Waals surface area (Å²) in [6.45, 7) is 3.80. The molecule has 0 aliphatic rings. The number of aliphatic imine (C=N–C) groups is 1. The number of amides is 1. The molecule has 0 fully saturated rings. The molecule has 0 radical (unpaired) electrons. The van der Waals surface area contributed by atoms with Crippen LogP contribution in [0.1, 0.15) is 41.8 Å². The van der Waals surface area contributed by atoms with Crippen LogP contribution < -0.4 is 11.5 Å². The van der Waals surface area contributed by atoms with Crippen molar-refractivity contribution in [3.05, 3.63) is 41.0 Å². The van der Waals surface area contributed by atoms with E-state index >= 15 is 0 Å². The highest BCUT2D eigenvalue weighted by Crippen LogP contribution is 2.24. The summed E-state index contributed by atoms with van der Waals surface area (Å²) in [6.07, 6.45) is 6.89. The minimum atomic E-state index is -3.47. The van der Waals surface area contributed by atoms with Crippen molar-refractivity contribution >= 4 is 21.7 Å². The van der Waals surface area contributed by atoms with Gasteiger partial charge in [0.1, 0.15) is 0 Å². The molecule has 0 saturated heterocycles. The number of carbonyl (C=O) groups is 1. The maximum absolute atomic E-state index is 12.1. The summed E-state index contributed by atoms with van der Waals surface area (Å²) in [5.41, 5.74) is 12.1. The minimum absolute atomic E-state index is 0.147. The van der Waals surface area contributed by atoms with E-state index < -0.39 is 15.7 Å². The number of sulfone groups is 1. The SMILES string of the molecule is CC=CCCc1cc(CC)c(C(=O)N=C(N)N)cc1S(C)(=O)=O. The first kappa shape index (κ1) is 18.9. The van der Waals surface area contributed by atoms with Crippen molar-refractivity contribution in [2.45, 2.75) is 38.0 Å². The fourth-order valence-corrected chi connectivity index (χ4v) is 3.26. The van der Waals surface area contributed by atoms with Gasteiger partial charge in [0.25, 0.3) is 5.91 Å². The second-order valence-corrected chi connectivity index (χ2v) is 7.18. The van der Waals surface area contributed by atoms with Crippen LogP contribution in [0.15, 0.2) is 34.2 Å². The zero-order chi connectivity index (χ0) is 17.6. The molecule has 0 aliphatic carbocycles. The highest BCUT2D eigenvalue weighted by atomic mass is 32.2. The van der Waals surface area contributed by atoms with Crippen LogP contribution >= 0.6 is 0 Å². The van der Waals surface area contributed by atoms with Crippen LogP contribution in [0.5, 0.6) is 0 Å². The van der Waals surface area contributed by atoms with E-state index in [1.54, 1.807) is 6.07 Å². The van der Waals surface area contributed by atoms with E-state index in [0.29, 0.717) is 18.4 Å². The number of rotatable bonds is 6. The number of benzene rings is 1. The number of aryl methyl sites for hydroxylation is 2. The van der Waals surface area contributed by atoms with Crippen molar-refractivity contribution in [1.29, 1.82) is 0 Å². The molecule has 126 valence electrons. The summed E-state index contributed by atoms with van der Waals surface area (Å²) in [7, 11) is -3.47. The van der Waals surface area contributed by atoms with E-state index in [9.17, 15) is 13.2 Å². The molecule has 7 heteroatoms. The third-order valence-corrected chi connectivity index (χ3v) is 4.52. The standard InChI is InChI=1S/C16H23N3O3S/c1-4-6-7-8-12-9-11(5-2)13(15(20)19-16(17)18)10-14(12)23(3,21)22/h4,6,9-10H,5,7-8H2,1-3H3,(H4,17,18,19,20). The monoisotopic (exact) mass is 337 g/mol. The first-order valence-electron chi connectivity index (χ1n) is 7.31. The van der Waals surface area contributed by atoms with Gasteiger partial charge >= 0.3 is 0 Å². The van der Waals surface area contributed by atoms with Crippen LogP contribution in [0.2, 0.25) is 0 Å². The first-order chi connectivity index (χ1) is 10.7. The quantitative estimate of drug-likeness (QED) is 0.464. The summed E-state index contributed by atoms with van der Waals surface area (Å²) >= 11 is 0. The van der Waals surface area contributed by atoms with E-state index in [2.05, 4.69) is 4.99 Å². The summed E-state index contributed by atoms with van der Waals surface area (Å²) in [5.74, 6) is -0.984. The fraction of sp³-hybridized carbons (Fsp3) is 0.375. The van der Waals surface area contributed by atoms with Gasteiger partial charge in [-0.1, -0.05) is 25.1 Å². The Morgan fingerprint density at radius 3 is 2.39 bits per heavy atom. The number of guanidine groups is 1. The predicted molar refractivity (Wildman–Crippen MR) is 92.2 cm³/mol. The van der Waals surface area contributed by atoms with Gasteiger partial charge in [-0.15, -0.1) is 0 Å². The molecule has 1 amide bonds.